The predicted molar refractivity (Wildman–Crippen MR) is 122 cm³/mol. The van der Waals surface area contributed by atoms with Gasteiger partial charge in [-0.25, -0.2) is 22.8 Å². The zero-order valence-electron chi connectivity index (χ0n) is 19.7. The second-order valence-corrected chi connectivity index (χ2v) is 7.60. The van der Waals surface area contributed by atoms with Gasteiger partial charge in [0.25, 0.3) is 0 Å². The average Bonchev–Trinajstić information content (AvgIpc) is 2.93. The molecular weight excluding hydrogens is 535 g/mol. The minimum atomic E-state index is -2.38. The molecule has 4 rings (SSSR count). The van der Waals surface area contributed by atoms with Crippen LogP contribution in [0.3, 0.4) is 0 Å². The summed E-state index contributed by atoms with van der Waals surface area (Å²) in [5.41, 5.74) is -0.330. The molecule has 202 valence electrons. The molecule has 0 unspecified atom stereocenters. The number of rotatable bonds is 8. The number of hydrogen-bond acceptors (Lipinski definition) is 8. The number of ether oxygens (including phenoxy) is 4. The Morgan fingerprint density at radius 3 is 2.10 bits per heavy atom. The Labute approximate surface area is 215 Å². The van der Waals surface area contributed by atoms with Crippen LogP contribution >= 0.6 is 0 Å². The van der Waals surface area contributed by atoms with Crippen LogP contribution in [0, 0.1) is 29.1 Å². The van der Waals surface area contributed by atoms with Crippen LogP contribution in [0.2, 0.25) is 0 Å². The average molecular weight is 550 g/mol. The molecule has 8 nitrogen and oxygen atoms in total. The molecule has 0 aliphatic heterocycles. The van der Waals surface area contributed by atoms with Gasteiger partial charge in [0.05, 0.1) is 17.6 Å². The molecule has 13 heteroatoms. The van der Waals surface area contributed by atoms with E-state index in [0.29, 0.717) is 0 Å². The highest BCUT2D eigenvalue weighted by Crippen LogP contribution is 2.29. The van der Waals surface area contributed by atoms with Gasteiger partial charge in [0.15, 0.2) is 12.4 Å². The largest absolute Gasteiger partial charge is 0.476 e. The van der Waals surface area contributed by atoms with Crippen LogP contribution in [-0.4, -0.2) is 25.2 Å². The number of carbonyl (C=O) groups is 2. The summed E-state index contributed by atoms with van der Waals surface area (Å²) in [7, 11) is 0. The van der Waals surface area contributed by atoms with E-state index in [1.165, 1.54) is 36.4 Å². The summed E-state index contributed by atoms with van der Waals surface area (Å²) in [6.07, 6.45) is 1.00. The standard InChI is InChI=1S/C26H15F5O8/c1-2-35-26(34)12-3-5-13(6-4-12)38-17-10-36-16-9-14(7-8-15(16)24(17)33)39-18(32)11-37-25-22(30)20(28)19(27)21(29)23(25)31/h3-10H,2,11H2,1H3. The molecule has 4 aromatic rings. The van der Waals surface area contributed by atoms with Crippen LogP contribution in [0.4, 0.5) is 22.0 Å². The number of halogens is 5. The van der Waals surface area contributed by atoms with Crippen molar-refractivity contribution in [3.63, 3.8) is 0 Å². The SMILES string of the molecule is CCOC(=O)c1ccc(Oc2coc3cc(OC(=O)COc4c(F)c(F)c(F)c(F)c4F)ccc3c2=O)cc1. The maximum Gasteiger partial charge on any atom is 0.349 e. The fourth-order valence-corrected chi connectivity index (χ4v) is 3.23. The zero-order chi connectivity index (χ0) is 28.3. The number of benzene rings is 3. The van der Waals surface area contributed by atoms with Crippen molar-refractivity contribution in [2.45, 2.75) is 6.92 Å². The summed E-state index contributed by atoms with van der Waals surface area (Å²) in [4.78, 5) is 36.5. The molecule has 0 spiro atoms. The number of esters is 2. The molecule has 0 aliphatic rings. The minimum Gasteiger partial charge on any atom is -0.476 e. The van der Waals surface area contributed by atoms with Crippen LogP contribution in [0.25, 0.3) is 11.0 Å². The molecule has 39 heavy (non-hydrogen) atoms. The lowest BCUT2D eigenvalue weighted by atomic mass is 10.2. The van der Waals surface area contributed by atoms with Gasteiger partial charge in [-0.1, -0.05) is 0 Å². The van der Waals surface area contributed by atoms with Gasteiger partial charge in [0, 0.05) is 6.07 Å². The third kappa shape index (κ3) is 5.66. The first-order valence-electron chi connectivity index (χ1n) is 11.0. The van der Waals surface area contributed by atoms with Gasteiger partial charge in [-0.3, -0.25) is 4.79 Å². The van der Waals surface area contributed by atoms with Gasteiger partial charge in [0.1, 0.15) is 23.3 Å². The Kier molecular flexibility index (Phi) is 7.79. The lowest BCUT2D eigenvalue weighted by Crippen LogP contribution is -2.19. The summed E-state index contributed by atoms with van der Waals surface area (Å²) in [5, 5.41) is 0.0353. The fraction of sp³-hybridized carbons (Fsp3) is 0.115. The molecule has 0 saturated carbocycles. The second kappa shape index (κ2) is 11.2. The van der Waals surface area contributed by atoms with Gasteiger partial charge in [-0.15, -0.1) is 0 Å². The van der Waals surface area contributed by atoms with Crippen molar-refractivity contribution in [3.05, 3.63) is 93.6 Å². The molecule has 1 aromatic heterocycles. The molecule has 0 atom stereocenters. The Balaban J connectivity index is 1.45. The summed E-state index contributed by atoms with van der Waals surface area (Å²) in [6, 6.07) is 9.38. The van der Waals surface area contributed by atoms with Crippen molar-refractivity contribution < 1.29 is 54.9 Å². The smallest absolute Gasteiger partial charge is 0.349 e. The van der Waals surface area contributed by atoms with Gasteiger partial charge in [-0.2, -0.15) is 8.78 Å². The van der Waals surface area contributed by atoms with E-state index in [4.69, 9.17) is 18.6 Å². The summed E-state index contributed by atoms with van der Waals surface area (Å²) < 4.78 is 92.1. The van der Waals surface area contributed by atoms with E-state index >= 15 is 0 Å². The van der Waals surface area contributed by atoms with Crippen molar-refractivity contribution in [2.24, 2.45) is 0 Å². The molecule has 0 bridgehead atoms. The third-order valence-electron chi connectivity index (χ3n) is 5.04. The lowest BCUT2D eigenvalue weighted by molar-refractivity contribution is -0.136. The zero-order valence-corrected chi connectivity index (χ0v) is 19.7. The van der Waals surface area contributed by atoms with Gasteiger partial charge < -0.3 is 23.4 Å². The first-order chi connectivity index (χ1) is 18.6. The molecule has 0 amide bonds. The third-order valence-corrected chi connectivity index (χ3v) is 5.04. The highest BCUT2D eigenvalue weighted by atomic mass is 19.2. The van der Waals surface area contributed by atoms with Gasteiger partial charge in [-0.05, 0) is 43.3 Å². The monoisotopic (exact) mass is 550 g/mol. The highest BCUT2D eigenvalue weighted by Gasteiger charge is 2.27. The molecule has 0 fully saturated rings. The first kappa shape index (κ1) is 27.1. The molecule has 0 radical (unpaired) electrons. The van der Waals surface area contributed by atoms with E-state index < -0.39 is 58.8 Å². The number of hydrogen-bond donors (Lipinski definition) is 0. The van der Waals surface area contributed by atoms with E-state index in [0.717, 1.165) is 12.3 Å². The quantitative estimate of drug-likeness (QED) is 0.0940. The van der Waals surface area contributed by atoms with E-state index in [1.54, 1.807) is 6.92 Å². The van der Waals surface area contributed by atoms with E-state index in [1.807, 2.05) is 0 Å². The number of carbonyl (C=O) groups excluding carboxylic acids is 2. The summed E-state index contributed by atoms with van der Waals surface area (Å²) in [6.45, 7) is 0.674. The van der Waals surface area contributed by atoms with Crippen LogP contribution < -0.4 is 19.6 Å². The van der Waals surface area contributed by atoms with Crippen molar-refractivity contribution in [3.8, 4) is 23.0 Å². The van der Waals surface area contributed by atoms with E-state index in [-0.39, 0.29) is 40.4 Å². The maximum absolute atomic E-state index is 13.7. The predicted octanol–water partition coefficient (Wildman–Crippen LogP) is 5.44. The van der Waals surface area contributed by atoms with Crippen molar-refractivity contribution in [2.75, 3.05) is 13.2 Å². The Hall–Kier alpha value is -4.94. The Morgan fingerprint density at radius 1 is 0.846 bits per heavy atom. The number of fused-ring (bicyclic) bond motifs is 1. The van der Waals surface area contributed by atoms with Crippen LogP contribution in [-0.2, 0) is 9.53 Å². The normalized spacial score (nSPS) is 10.8. The van der Waals surface area contributed by atoms with E-state index in [9.17, 15) is 36.3 Å². The van der Waals surface area contributed by atoms with Crippen molar-refractivity contribution in [1.29, 1.82) is 0 Å². The first-order valence-corrected chi connectivity index (χ1v) is 11.0. The van der Waals surface area contributed by atoms with Crippen molar-refractivity contribution >= 4 is 22.9 Å². The maximum atomic E-state index is 13.7. The highest BCUT2D eigenvalue weighted by molar-refractivity contribution is 5.89. The Bertz CT molecular complexity index is 1600. The lowest BCUT2D eigenvalue weighted by Gasteiger charge is -2.10. The topological polar surface area (TPSA) is 101 Å². The summed E-state index contributed by atoms with van der Waals surface area (Å²) >= 11 is 0. The summed E-state index contributed by atoms with van der Waals surface area (Å²) in [5.74, 6) is -14.9. The van der Waals surface area contributed by atoms with Crippen LogP contribution in [0.1, 0.15) is 17.3 Å². The fourth-order valence-electron chi connectivity index (χ4n) is 3.23. The molecule has 0 saturated heterocycles. The van der Waals surface area contributed by atoms with Crippen LogP contribution in [0.5, 0.6) is 23.0 Å². The van der Waals surface area contributed by atoms with Crippen molar-refractivity contribution in [1.82, 2.24) is 0 Å². The van der Waals surface area contributed by atoms with Crippen LogP contribution in [0.15, 0.2) is 57.9 Å². The van der Waals surface area contributed by atoms with Gasteiger partial charge in [0.2, 0.25) is 40.3 Å². The van der Waals surface area contributed by atoms with Gasteiger partial charge >= 0.3 is 11.9 Å². The molecule has 0 aliphatic carbocycles. The minimum absolute atomic E-state index is 0.0315. The molecule has 3 aromatic carbocycles. The second-order valence-electron chi connectivity index (χ2n) is 7.60. The molecule has 1 heterocycles. The molecular formula is C26H15F5O8. The van der Waals surface area contributed by atoms with E-state index in [2.05, 4.69) is 4.74 Å². The Morgan fingerprint density at radius 2 is 1.46 bits per heavy atom. The molecule has 0 N–H and O–H groups in total.